The van der Waals surface area contributed by atoms with Gasteiger partial charge < -0.3 is 16.0 Å². The number of carbonyl (C=O) groups is 1. The van der Waals surface area contributed by atoms with Gasteiger partial charge in [-0.1, -0.05) is 6.07 Å². The van der Waals surface area contributed by atoms with Crippen molar-refractivity contribution in [3.05, 3.63) is 23.8 Å². The van der Waals surface area contributed by atoms with Gasteiger partial charge in [0.25, 0.3) is 0 Å². The average Bonchev–Trinajstić information content (AvgIpc) is 2.43. The fourth-order valence-electron chi connectivity index (χ4n) is 2.13. The molecule has 1 aliphatic rings. The van der Waals surface area contributed by atoms with Gasteiger partial charge in [-0.05, 0) is 31.5 Å². The fourth-order valence-corrected chi connectivity index (χ4v) is 3.22. The topological polar surface area (TPSA) is 58.4 Å². The Morgan fingerprint density at radius 1 is 1.42 bits per heavy atom. The molecule has 0 radical (unpaired) electrons. The van der Waals surface area contributed by atoms with Crippen molar-refractivity contribution in [3.63, 3.8) is 0 Å². The minimum atomic E-state index is -0.0952. The normalized spacial score (nSPS) is 17.3. The first-order valence-electron chi connectivity index (χ1n) is 6.60. The monoisotopic (exact) mass is 279 g/mol. The van der Waals surface area contributed by atoms with Crippen LogP contribution in [0.2, 0.25) is 0 Å². The summed E-state index contributed by atoms with van der Waals surface area (Å²) in [5, 5.41) is 3.16. The van der Waals surface area contributed by atoms with Crippen LogP contribution in [-0.4, -0.2) is 42.2 Å². The first-order chi connectivity index (χ1) is 9.08. The van der Waals surface area contributed by atoms with Crippen molar-refractivity contribution in [1.82, 2.24) is 10.2 Å². The average molecular weight is 279 g/mol. The molecule has 0 bridgehead atoms. The number of hydrogen-bond acceptors (Lipinski definition) is 4. The minimum absolute atomic E-state index is 0.0952. The Morgan fingerprint density at radius 3 is 2.79 bits per heavy atom. The van der Waals surface area contributed by atoms with Crippen LogP contribution in [-0.2, 0) is 4.79 Å². The number of nitrogens with zero attached hydrogens (tertiary/aromatic N) is 1. The van der Waals surface area contributed by atoms with Gasteiger partial charge in [0.1, 0.15) is 0 Å². The van der Waals surface area contributed by atoms with E-state index in [1.54, 1.807) is 11.8 Å². The maximum absolute atomic E-state index is 12.3. The molecule has 4 nitrogen and oxygen atoms in total. The molecule has 0 aliphatic carbocycles. The number of anilines is 1. The third kappa shape index (κ3) is 3.64. The number of thioether (sulfide) groups is 1. The van der Waals surface area contributed by atoms with Gasteiger partial charge in [-0.3, -0.25) is 4.79 Å². The highest BCUT2D eigenvalue weighted by molar-refractivity contribution is 8.00. The molecule has 5 heteroatoms. The van der Waals surface area contributed by atoms with Gasteiger partial charge >= 0.3 is 0 Å². The lowest BCUT2D eigenvalue weighted by molar-refractivity contribution is -0.130. The van der Waals surface area contributed by atoms with Gasteiger partial charge in [-0.25, -0.2) is 0 Å². The molecule has 0 aromatic heterocycles. The fraction of sp³-hybridized carbons (Fsp3) is 0.500. The molecule has 0 spiro atoms. The number of benzene rings is 1. The number of nitrogen functional groups attached to an aromatic ring is 1. The van der Waals surface area contributed by atoms with E-state index >= 15 is 0 Å². The zero-order valence-electron chi connectivity index (χ0n) is 11.5. The highest BCUT2D eigenvalue weighted by atomic mass is 32.2. The van der Waals surface area contributed by atoms with Crippen molar-refractivity contribution in [2.24, 2.45) is 0 Å². The molecule has 104 valence electrons. The lowest BCUT2D eigenvalue weighted by atomic mass is 10.2. The van der Waals surface area contributed by atoms with Gasteiger partial charge in [0.2, 0.25) is 5.91 Å². The Balaban J connectivity index is 2.01. The number of hydrogen-bond donors (Lipinski definition) is 2. The Kier molecular flexibility index (Phi) is 4.71. The lowest BCUT2D eigenvalue weighted by Gasteiger charge is -2.29. The molecule has 1 saturated heterocycles. The van der Waals surface area contributed by atoms with Gasteiger partial charge in [-0.15, -0.1) is 11.8 Å². The zero-order valence-corrected chi connectivity index (χ0v) is 12.3. The summed E-state index contributed by atoms with van der Waals surface area (Å²) in [5.74, 6) is 0.201. The summed E-state index contributed by atoms with van der Waals surface area (Å²) < 4.78 is 0. The molecular formula is C14H21N3OS. The quantitative estimate of drug-likeness (QED) is 0.650. The second-order valence-corrected chi connectivity index (χ2v) is 6.26. The van der Waals surface area contributed by atoms with Crippen molar-refractivity contribution in [2.45, 2.75) is 24.0 Å². The highest BCUT2D eigenvalue weighted by Gasteiger charge is 2.23. The molecule has 1 heterocycles. The Hall–Kier alpha value is -1.20. The number of aryl methyl sites for hydroxylation is 1. The van der Waals surface area contributed by atoms with Gasteiger partial charge in [0.15, 0.2) is 0 Å². The second kappa shape index (κ2) is 6.30. The standard InChI is InChI=1S/C14H21N3OS/c1-10-3-4-12(15)13(9-10)19-11(2)14(18)17-7-5-16-6-8-17/h3-4,9,11,16H,5-8,15H2,1-2H3. The van der Waals surface area contributed by atoms with E-state index in [1.165, 1.54) is 5.56 Å². The Morgan fingerprint density at radius 2 is 2.11 bits per heavy atom. The third-order valence-corrected chi connectivity index (χ3v) is 4.41. The van der Waals surface area contributed by atoms with Crippen LogP contribution in [0.5, 0.6) is 0 Å². The summed E-state index contributed by atoms with van der Waals surface area (Å²) in [6.45, 7) is 7.36. The van der Waals surface area contributed by atoms with Crippen molar-refractivity contribution in [2.75, 3.05) is 31.9 Å². The van der Waals surface area contributed by atoms with E-state index in [9.17, 15) is 4.79 Å². The van der Waals surface area contributed by atoms with E-state index in [2.05, 4.69) is 5.32 Å². The van der Waals surface area contributed by atoms with E-state index in [0.717, 1.165) is 36.8 Å². The van der Waals surface area contributed by atoms with E-state index in [4.69, 9.17) is 5.73 Å². The molecular weight excluding hydrogens is 258 g/mol. The molecule has 1 fully saturated rings. The summed E-state index contributed by atoms with van der Waals surface area (Å²) in [6.07, 6.45) is 0. The predicted octanol–water partition coefficient (Wildman–Crippen LogP) is 1.49. The van der Waals surface area contributed by atoms with Crippen molar-refractivity contribution in [1.29, 1.82) is 0 Å². The van der Waals surface area contributed by atoms with E-state index in [1.807, 2.05) is 36.9 Å². The van der Waals surface area contributed by atoms with E-state index in [0.29, 0.717) is 0 Å². The number of piperazine rings is 1. The Bertz CT molecular complexity index is 458. The molecule has 1 atom stereocenters. The van der Waals surface area contributed by atoms with Crippen LogP contribution in [0, 0.1) is 6.92 Å². The van der Waals surface area contributed by atoms with Crippen molar-refractivity contribution < 1.29 is 4.79 Å². The lowest BCUT2D eigenvalue weighted by Crippen LogP contribution is -2.48. The number of nitrogens with two attached hydrogens (primary N) is 1. The smallest absolute Gasteiger partial charge is 0.235 e. The van der Waals surface area contributed by atoms with Gasteiger partial charge in [0.05, 0.1) is 5.25 Å². The molecule has 1 aromatic rings. The Labute approximate surface area is 118 Å². The molecule has 1 unspecified atom stereocenters. The SMILES string of the molecule is Cc1ccc(N)c(SC(C)C(=O)N2CCNCC2)c1. The van der Waals surface area contributed by atoms with Gasteiger partial charge in [-0.2, -0.15) is 0 Å². The number of carbonyl (C=O) groups excluding carboxylic acids is 1. The predicted molar refractivity (Wildman–Crippen MR) is 80.4 cm³/mol. The summed E-state index contributed by atoms with van der Waals surface area (Å²) in [7, 11) is 0. The summed E-state index contributed by atoms with van der Waals surface area (Å²) in [5.41, 5.74) is 7.87. The van der Waals surface area contributed by atoms with Crippen LogP contribution >= 0.6 is 11.8 Å². The molecule has 19 heavy (non-hydrogen) atoms. The number of nitrogens with one attached hydrogen (secondary N) is 1. The molecule has 1 aromatic carbocycles. The molecule has 1 amide bonds. The third-order valence-electron chi connectivity index (χ3n) is 3.25. The van der Waals surface area contributed by atoms with Crippen molar-refractivity contribution in [3.8, 4) is 0 Å². The van der Waals surface area contributed by atoms with Gasteiger partial charge in [0, 0.05) is 36.8 Å². The van der Waals surface area contributed by atoms with Crippen molar-refractivity contribution >= 4 is 23.4 Å². The molecule has 1 aliphatic heterocycles. The largest absolute Gasteiger partial charge is 0.398 e. The van der Waals surface area contributed by atoms with Crippen LogP contribution in [0.4, 0.5) is 5.69 Å². The first kappa shape index (κ1) is 14.2. The summed E-state index contributed by atoms with van der Waals surface area (Å²) in [6, 6.07) is 5.93. The zero-order chi connectivity index (χ0) is 13.8. The van der Waals surface area contributed by atoms with E-state index < -0.39 is 0 Å². The molecule has 3 N–H and O–H groups in total. The number of amides is 1. The molecule has 0 saturated carbocycles. The number of rotatable bonds is 3. The van der Waals surface area contributed by atoms with Crippen LogP contribution in [0.25, 0.3) is 0 Å². The van der Waals surface area contributed by atoms with Crippen LogP contribution < -0.4 is 11.1 Å². The molecule has 2 rings (SSSR count). The maximum Gasteiger partial charge on any atom is 0.235 e. The highest BCUT2D eigenvalue weighted by Crippen LogP contribution is 2.30. The second-order valence-electron chi connectivity index (χ2n) is 4.88. The van der Waals surface area contributed by atoms with Crippen LogP contribution in [0.3, 0.4) is 0 Å². The van der Waals surface area contributed by atoms with Crippen LogP contribution in [0.15, 0.2) is 23.1 Å². The van der Waals surface area contributed by atoms with E-state index in [-0.39, 0.29) is 11.2 Å². The van der Waals surface area contributed by atoms with Crippen LogP contribution in [0.1, 0.15) is 12.5 Å². The maximum atomic E-state index is 12.3. The summed E-state index contributed by atoms with van der Waals surface area (Å²) in [4.78, 5) is 15.3. The minimum Gasteiger partial charge on any atom is -0.398 e. The summed E-state index contributed by atoms with van der Waals surface area (Å²) >= 11 is 1.55. The first-order valence-corrected chi connectivity index (χ1v) is 7.48.